The maximum atomic E-state index is 12.4. The number of benzene rings is 3. The summed E-state index contributed by atoms with van der Waals surface area (Å²) in [4.78, 5) is 22.0. The van der Waals surface area contributed by atoms with Gasteiger partial charge in [0.1, 0.15) is 0 Å². The van der Waals surface area contributed by atoms with E-state index in [2.05, 4.69) is 26.3 Å². The summed E-state index contributed by atoms with van der Waals surface area (Å²) in [5.41, 5.74) is 4.62. The first-order chi connectivity index (χ1) is 17.5. The average Bonchev–Trinajstić information content (AvgIpc) is 2.88. The predicted octanol–water partition coefficient (Wildman–Crippen LogP) is 8.26. The van der Waals surface area contributed by atoms with Gasteiger partial charge in [0.2, 0.25) is 6.41 Å². The SMILES string of the molecule is CC.Cc1cc(Cl)ccc1NC(=O)c1cccc(CBr)c1.O=CN/N=C/c1ccc(Cl)c(C(F)(F)F)c1. The molecular weight excluding hydrogens is 594 g/mol. The lowest BCUT2D eigenvalue weighted by Gasteiger charge is -2.09. The Bertz CT molecular complexity index is 1220. The zero-order valence-corrected chi connectivity index (χ0v) is 23.3. The monoisotopic (exact) mass is 617 g/mol. The van der Waals surface area contributed by atoms with Crippen LogP contribution in [0.15, 0.2) is 65.8 Å². The van der Waals surface area contributed by atoms with Crippen molar-refractivity contribution in [3.8, 4) is 0 Å². The summed E-state index contributed by atoms with van der Waals surface area (Å²) >= 11 is 14.7. The molecule has 2 amide bonds. The summed E-state index contributed by atoms with van der Waals surface area (Å²) in [5, 5.41) is 7.26. The van der Waals surface area contributed by atoms with E-state index < -0.39 is 11.7 Å². The standard InChI is InChI=1S/C15H13BrClNO.C9H6ClF3N2O.C2H6/c1-10-7-13(17)5-6-14(10)18-15(19)12-4-2-3-11(8-12)9-16;10-8-2-1-6(4-14-15-5-16)3-7(8)9(11,12)13;1-2/h2-8H,9H2,1H3,(H,18,19);1-5H,(H,15,16);1-2H3/b;14-4+;. The summed E-state index contributed by atoms with van der Waals surface area (Å²) in [6.45, 7) is 5.91. The molecule has 0 aliphatic carbocycles. The van der Waals surface area contributed by atoms with Gasteiger partial charge >= 0.3 is 6.18 Å². The highest BCUT2D eigenvalue weighted by Gasteiger charge is 2.33. The molecule has 0 fully saturated rings. The maximum Gasteiger partial charge on any atom is 0.417 e. The summed E-state index contributed by atoms with van der Waals surface area (Å²) in [6, 6.07) is 16.2. The molecule has 0 aliphatic heterocycles. The van der Waals surface area contributed by atoms with Crippen molar-refractivity contribution < 1.29 is 22.8 Å². The lowest BCUT2D eigenvalue weighted by atomic mass is 10.1. The van der Waals surface area contributed by atoms with Crippen molar-refractivity contribution in [3.63, 3.8) is 0 Å². The second-order valence-corrected chi connectivity index (χ2v) is 8.39. The number of carbonyl (C=O) groups excluding carboxylic acids is 2. The van der Waals surface area contributed by atoms with E-state index in [1.54, 1.807) is 12.1 Å². The molecule has 0 atom stereocenters. The highest BCUT2D eigenvalue weighted by atomic mass is 79.9. The van der Waals surface area contributed by atoms with Crippen molar-refractivity contribution in [2.75, 3.05) is 5.32 Å². The number of nitrogens with zero attached hydrogens (tertiary/aromatic N) is 1. The van der Waals surface area contributed by atoms with Gasteiger partial charge in [-0.2, -0.15) is 18.3 Å². The van der Waals surface area contributed by atoms with Crippen LogP contribution in [0.5, 0.6) is 0 Å². The van der Waals surface area contributed by atoms with Gasteiger partial charge in [-0.1, -0.05) is 71.2 Å². The summed E-state index contributed by atoms with van der Waals surface area (Å²) in [7, 11) is 0. The van der Waals surface area contributed by atoms with E-state index in [1.807, 2.05) is 56.5 Å². The molecule has 0 bridgehead atoms. The number of hydrogen-bond acceptors (Lipinski definition) is 3. The van der Waals surface area contributed by atoms with Crippen LogP contribution in [0.1, 0.15) is 46.5 Å². The quantitative estimate of drug-likeness (QED) is 0.126. The average molecular weight is 619 g/mol. The van der Waals surface area contributed by atoms with Crippen molar-refractivity contribution in [2.24, 2.45) is 5.10 Å². The number of anilines is 1. The molecule has 0 saturated carbocycles. The molecule has 0 spiro atoms. The molecule has 2 N–H and O–H groups in total. The number of halogens is 6. The number of rotatable bonds is 6. The number of alkyl halides is 4. The highest BCUT2D eigenvalue weighted by Crippen LogP contribution is 2.34. The molecule has 3 aromatic rings. The van der Waals surface area contributed by atoms with Gasteiger partial charge in [0.25, 0.3) is 5.91 Å². The molecule has 0 radical (unpaired) electrons. The maximum absolute atomic E-state index is 12.4. The van der Waals surface area contributed by atoms with Gasteiger partial charge in [0.05, 0.1) is 16.8 Å². The lowest BCUT2D eigenvalue weighted by molar-refractivity contribution is -0.137. The predicted molar refractivity (Wildman–Crippen MR) is 148 cm³/mol. The Kier molecular flexibility index (Phi) is 14.0. The molecule has 0 saturated heterocycles. The molecule has 0 unspecified atom stereocenters. The zero-order valence-electron chi connectivity index (χ0n) is 20.2. The highest BCUT2D eigenvalue weighted by molar-refractivity contribution is 9.08. The van der Waals surface area contributed by atoms with Crippen molar-refractivity contribution >= 4 is 63.4 Å². The fourth-order valence-corrected chi connectivity index (χ4v) is 3.54. The molecule has 198 valence electrons. The van der Waals surface area contributed by atoms with Crippen molar-refractivity contribution in [2.45, 2.75) is 32.3 Å². The normalized spacial score (nSPS) is 10.5. The van der Waals surface area contributed by atoms with Gasteiger partial charge in [0, 0.05) is 21.6 Å². The Hall–Kier alpha value is -2.88. The molecule has 5 nitrogen and oxygen atoms in total. The number of aryl methyl sites for hydroxylation is 1. The minimum absolute atomic E-state index is 0.117. The lowest BCUT2D eigenvalue weighted by Crippen LogP contribution is -2.12. The second-order valence-electron chi connectivity index (χ2n) is 6.99. The van der Waals surface area contributed by atoms with Crippen LogP contribution in [0.3, 0.4) is 0 Å². The van der Waals surface area contributed by atoms with E-state index in [1.165, 1.54) is 6.07 Å². The summed E-state index contributed by atoms with van der Waals surface area (Å²) in [5.74, 6) is -0.117. The van der Waals surface area contributed by atoms with Gasteiger partial charge < -0.3 is 5.32 Å². The number of amides is 2. The fraction of sp³-hybridized carbons (Fsp3) is 0.192. The van der Waals surface area contributed by atoms with E-state index in [9.17, 15) is 22.8 Å². The molecule has 0 aromatic heterocycles. The van der Waals surface area contributed by atoms with Crippen LogP contribution < -0.4 is 10.7 Å². The third-order valence-corrected chi connectivity index (χ3v) is 5.63. The smallest absolute Gasteiger partial charge is 0.322 e. The van der Waals surface area contributed by atoms with Crippen LogP contribution in [-0.2, 0) is 16.3 Å². The Morgan fingerprint density at radius 3 is 2.35 bits per heavy atom. The van der Waals surface area contributed by atoms with E-state index in [-0.39, 0.29) is 16.5 Å². The molecular formula is C26H25BrCl2F3N3O2. The zero-order chi connectivity index (χ0) is 28.0. The van der Waals surface area contributed by atoms with Gasteiger partial charge in [-0.05, 0) is 66.1 Å². The van der Waals surface area contributed by atoms with Crippen LogP contribution >= 0.6 is 39.1 Å². The summed E-state index contributed by atoms with van der Waals surface area (Å²) < 4.78 is 37.2. The molecule has 37 heavy (non-hydrogen) atoms. The summed E-state index contributed by atoms with van der Waals surface area (Å²) in [6.07, 6.45) is -3.13. The van der Waals surface area contributed by atoms with Crippen molar-refractivity contribution in [3.05, 3.63) is 98.5 Å². The number of carbonyl (C=O) groups is 2. The Morgan fingerprint density at radius 1 is 1.05 bits per heavy atom. The van der Waals surface area contributed by atoms with E-state index >= 15 is 0 Å². The van der Waals surface area contributed by atoms with Crippen LogP contribution in [0, 0.1) is 6.92 Å². The molecule has 11 heteroatoms. The van der Waals surface area contributed by atoms with Gasteiger partial charge in [-0.15, -0.1) is 0 Å². The minimum Gasteiger partial charge on any atom is -0.322 e. The second kappa shape index (κ2) is 16.1. The Balaban J connectivity index is 0.000000352. The van der Waals surface area contributed by atoms with Gasteiger partial charge in [-0.25, -0.2) is 5.43 Å². The number of hydrogen-bond donors (Lipinski definition) is 2. The van der Waals surface area contributed by atoms with E-state index in [0.29, 0.717) is 17.0 Å². The van der Waals surface area contributed by atoms with Gasteiger partial charge in [0.15, 0.2) is 0 Å². The third kappa shape index (κ3) is 11.0. The molecule has 0 heterocycles. The van der Waals surface area contributed by atoms with Crippen LogP contribution in [-0.4, -0.2) is 18.5 Å². The van der Waals surface area contributed by atoms with Gasteiger partial charge in [-0.3, -0.25) is 9.59 Å². The largest absolute Gasteiger partial charge is 0.417 e. The molecule has 3 rings (SSSR count). The number of hydrazone groups is 1. The Labute approximate surface area is 232 Å². The molecule has 3 aromatic carbocycles. The third-order valence-electron chi connectivity index (χ3n) is 4.42. The van der Waals surface area contributed by atoms with E-state index in [0.717, 1.165) is 40.5 Å². The van der Waals surface area contributed by atoms with E-state index in [4.69, 9.17) is 23.2 Å². The van der Waals surface area contributed by atoms with Crippen molar-refractivity contribution in [1.29, 1.82) is 0 Å². The van der Waals surface area contributed by atoms with Crippen LogP contribution in [0.4, 0.5) is 18.9 Å². The van der Waals surface area contributed by atoms with Crippen LogP contribution in [0.2, 0.25) is 10.0 Å². The molecule has 0 aliphatic rings. The first-order valence-corrected chi connectivity index (χ1v) is 12.7. The number of nitrogens with one attached hydrogen (secondary N) is 2. The van der Waals surface area contributed by atoms with Crippen molar-refractivity contribution in [1.82, 2.24) is 5.43 Å². The van der Waals surface area contributed by atoms with Crippen LogP contribution in [0.25, 0.3) is 0 Å². The first-order valence-electron chi connectivity index (χ1n) is 10.9. The topological polar surface area (TPSA) is 70.6 Å². The fourth-order valence-electron chi connectivity index (χ4n) is 2.74. The Morgan fingerprint density at radius 2 is 1.76 bits per heavy atom. The minimum atomic E-state index is -4.51. The first kappa shape index (κ1) is 32.1.